The molecule has 0 bridgehead atoms. The quantitative estimate of drug-likeness (QED) is 0.553. The molecule has 2 N–H and O–H groups in total. The minimum atomic E-state index is -1.28. The molecule has 0 spiro atoms. The predicted molar refractivity (Wildman–Crippen MR) is 115 cm³/mol. The van der Waals surface area contributed by atoms with E-state index in [4.69, 9.17) is 14.7 Å². The number of thiophene rings is 1. The van der Waals surface area contributed by atoms with Gasteiger partial charge in [-0.2, -0.15) is 0 Å². The fourth-order valence-corrected chi connectivity index (χ4v) is 4.35. The number of aliphatic hydroxyl groups is 1. The third kappa shape index (κ3) is 4.59. The van der Waals surface area contributed by atoms with Gasteiger partial charge in [0, 0.05) is 24.0 Å². The highest BCUT2D eigenvalue weighted by Crippen LogP contribution is 2.37. The Morgan fingerprint density at radius 1 is 1.30 bits per heavy atom. The summed E-state index contributed by atoms with van der Waals surface area (Å²) in [5, 5.41) is 16.1. The fourth-order valence-electron chi connectivity index (χ4n) is 3.39. The number of aliphatic hydroxyl groups excluding tert-OH is 1. The van der Waals surface area contributed by atoms with Crippen LogP contribution in [-0.4, -0.2) is 72.0 Å². The molecular formula is C21H24N4O4S. The third-order valence-corrected chi connectivity index (χ3v) is 5.84. The monoisotopic (exact) mass is 428 g/mol. The zero-order chi connectivity index (χ0) is 20.9. The maximum atomic E-state index is 11.6. The summed E-state index contributed by atoms with van der Waals surface area (Å²) in [6.45, 7) is 3.70. The van der Waals surface area contributed by atoms with E-state index in [1.165, 1.54) is 7.11 Å². The predicted octanol–water partition coefficient (Wildman–Crippen LogP) is 2.14. The van der Waals surface area contributed by atoms with E-state index in [0.29, 0.717) is 31.4 Å². The number of methoxy groups -OCH3 is 1. The van der Waals surface area contributed by atoms with Crippen LogP contribution in [0.4, 0.5) is 5.82 Å². The van der Waals surface area contributed by atoms with E-state index in [1.54, 1.807) is 11.3 Å². The van der Waals surface area contributed by atoms with Crippen LogP contribution in [0.5, 0.6) is 0 Å². The molecule has 1 fully saturated rings. The standard InChI is InChI=1S/C21H24N4O4S/c1-28-21(27)16(26)11-22-19-18-15(14-5-3-2-4-6-14)13-30-20(18)24-17(23-19)12-25-7-9-29-10-8-25/h2-6,13,16,26H,7-12H2,1H3,(H,22,23,24). The molecule has 3 heterocycles. The van der Waals surface area contributed by atoms with Gasteiger partial charge in [-0.1, -0.05) is 30.3 Å². The highest BCUT2D eigenvalue weighted by Gasteiger charge is 2.20. The Labute approximate surface area is 178 Å². The van der Waals surface area contributed by atoms with Crippen molar-refractivity contribution in [2.45, 2.75) is 12.6 Å². The molecule has 1 aromatic carbocycles. The molecule has 3 aromatic rings. The number of nitrogens with one attached hydrogen (secondary N) is 1. The average Bonchev–Trinajstić information content (AvgIpc) is 3.22. The van der Waals surface area contributed by atoms with Crippen LogP contribution in [0.2, 0.25) is 0 Å². The average molecular weight is 429 g/mol. The van der Waals surface area contributed by atoms with Crippen LogP contribution in [0.3, 0.4) is 0 Å². The third-order valence-electron chi connectivity index (χ3n) is 4.97. The van der Waals surface area contributed by atoms with Gasteiger partial charge in [0.05, 0.1) is 38.8 Å². The zero-order valence-corrected chi connectivity index (χ0v) is 17.5. The van der Waals surface area contributed by atoms with Gasteiger partial charge >= 0.3 is 5.97 Å². The molecule has 0 amide bonds. The molecule has 0 radical (unpaired) electrons. The first kappa shape index (κ1) is 20.7. The number of carbonyl (C=O) groups is 1. The van der Waals surface area contributed by atoms with Crippen molar-refractivity contribution < 1.29 is 19.4 Å². The van der Waals surface area contributed by atoms with Crippen molar-refractivity contribution in [3.63, 3.8) is 0 Å². The second-order valence-corrected chi connectivity index (χ2v) is 7.85. The molecular weight excluding hydrogens is 404 g/mol. The number of esters is 1. The van der Waals surface area contributed by atoms with E-state index in [0.717, 1.165) is 34.4 Å². The number of morpholine rings is 1. The van der Waals surface area contributed by atoms with Crippen molar-refractivity contribution in [1.82, 2.24) is 14.9 Å². The van der Waals surface area contributed by atoms with E-state index < -0.39 is 12.1 Å². The Kier molecular flexibility index (Phi) is 6.53. The number of rotatable bonds is 7. The lowest BCUT2D eigenvalue weighted by Gasteiger charge is -2.26. The van der Waals surface area contributed by atoms with Crippen LogP contribution >= 0.6 is 11.3 Å². The summed E-state index contributed by atoms with van der Waals surface area (Å²) in [5.41, 5.74) is 2.08. The van der Waals surface area contributed by atoms with Crippen molar-refractivity contribution >= 4 is 33.3 Å². The first-order valence-electron chi connectivity index (χ1n) is 9.79. The molecule has 1 unspecified atom stereocenters. The van der Waals surface area contributed by atoms with Crippen LogP contribution in [0.1, 0.15) is 5.82 Å². The molecule has 9 heteroatoms. The summed E-state index contributed by atoms with van der Waals surface area (Å²) >= 11 is 1.56. The van der Waals surface area contributed by atoms with Gasteiger partial charge in [0.2, 0.25) is 0 Å². The first-order valence-corrected chi connectivity index (χ1v) is 10.7. The number of nitrogens with zero attached hydrogens (tertiary/aromatic N) is 3. The van der Waals surface area contributed by atoms with E-state index in [1.807, 2.05) is 30.3 Å². The molecule has 1 atom stereocenters. The summed E-state index contributed by atoms with van der Waals surface area (Å²) in [6.07, 6.45) is -1.28. The van der Waals surface area contributed by atoms with Gasteiger partial charge < -0.3 is 19.9 Å². The van der Waals surface area contributed by atoms with Gasteiger partial charge in [0.25, 0.3) is 0 Å². The van der Waals surface area contributed by atoms with Crippen LogP contribution in [0.15, 0.2) is 35.7 Å². The number of carbonyl (C=O) groups excluding carboxylic acids is 1. The second-order valence-electron chi connectivity index (χ2n) is 6.99. The lowest BCUT2D eigenvalue weighted by molar-refractivity contribution is -0.149. The Bertz CT molecular complexity index is 1000. The van der Waals surface area contributed by atoms with E-state index in [-0.39, 0.29) is 6.54 Å². The largest absolute Gasteiger partial charge is 0.467 e. The number of anilines is 1. The van der Waals surface area contributed by atoms with Gasteiger partial charge in [-0.15, -0.1) is 11.3 Å². The number of aromatic nitrogens is 2. The molecule has 8 nitrogen and oxygen atoms in total. The summed E-state index contributed by atoms with van der Waals surface area (Å²) in [4.78, 5) is 24.3. The number of benzene rings is 1. The summed E-state index contributed by atoms with van der Waals surface area (Å²) in [6, 6.07) is 10.0. The topological polar surface area (TPSA) is 96.8 Å². The first-order chi connectivity index (χ1) is 14.7. The molecule has 0 aliphatic carbocycles. The normalized spacial score (nSPS) is 15.8. The van der Waals surface area contributed by atoms with Gasteiger partial charge in [-0.25, -0.2) is 14.8 Å². The summed E-state index contributed by atoms with van der Waals surface area (Å²) < 4.78 is 10.0. The maximum absolute atomic E-state index is 11.6. The highest BCUT2D eigenvalue weighted by atomic mass is 32.1. The maximum Gasteiger partial charge on any atom is 0.336 e. The fraction of sp³-hybridized carbons (Fsp3) is 0.381. The Balaban J connectivity index is 1.69. The molecule has 1 aliphatic rings. The van der Waals surface area contributed by atoms with Crippen molar-refractivity contribution in [1.29, 1.82) is 0 Å². The van der Waals surface area contributed by atoms with Crippen molar-refractivity contribution in [3.8, 4) is 11.1 Å². The van der Waals surface area contributed by atoms with E-state index >= 15 is 0 Å². The van der Waals surface area contributed by atoms with Gasteiger partial charge in [0.15, 0.2) is 6.10 Å². The van der Waals surface area contributed by atoms with Gasteiger partial charge in [-0.3, -0.25) is 4.90 Å². The number of hydrogen-bond acceptors (Lipinski definition) is 9. The molecule has 0 saturated carbocycles. The second kappa shape index (κ2) is 9.48. The minimum Gasteiger partial charge on any atom is -0.467 e. The van der Waals surface area contributed by atoms with E-state index in [2.05, 4.69) is 20.3 Å². The molecule has 158 valence electrons. The molecule has 2 aromatic heterocycles. The Morgan fingerprint density at radius 2 is 2.07 bits per heavy atom. The lowest BCUT2D eigenvalue weighted by Crippen LogP contribution is -2.36. The number of hydrogen-bond donors (Lipinski definition) is 2. The Hall–Kier alpha value is -2.59. The summed E-state index contributed by atoms with van der Waals surface area (Å²) in [7, 11) is 1.25. The number of fused-ring (bicyclic) bond motifs is 1. The minimum absolute atomic E-state index is 0.000142. The van der Waals surface area contributed by atoms with E-state index in [9.17, 15) is 9.90 Å². The van der Waals surface area contributed by atoms with Crippen molar-refractivity contribution in [3.05, 3.63) is 41.5 Å². The van der Waals surface area contributed by atoms with Crippen LogP contribution < -0.4 is 5.32 Å². The van der Waals surface area contributed by atoms with Crippen LogP contribution in [0.25, 0.3) is 21.3 Å². The number of ether oxygens (including phenoxy) is 2. The SMILES string of the molecule is COC(=O)C(O)CNc1nc(CN2CCOCC2)nc2scc(-c3ccccc3)c12. The Morgan fingerprint density at radius 3 is 2.80 bits per heavy atom. The molecule has 1 aliphatic heterocycles. The van der Waals surface area contributed by atoms with Gasteiger partial charge in [-0.05, 0) is 5.56 Å². The van der Waals surface area contributed by atoms with Crippen molar-refractivity contribution in [2.24, 2.45) is 0 Å². The zero-order valence-electron chi connectivity index (χ0n) is 16.7. The smallest absolute Gasteiger partial charge is 0.336 e. The molecule has 4 rings (SSSR count). The van der Waals surface area contributed by atoms with Crippen molar-refractivity contribution in [2.75, 3.05) is 45.3 Å². The van der Waals surface area contributed by atoms with Crippen LogP contribution in [-0.2, 0) is 20.8 Å². The highest BCUT2D eigenvalue weighted by molar-refractivity contribution is 7.17. The lowest BCUT2D eigenvalue weighted by atomic mass is 10.1. The van der Waals surface area contributed by atoms with Crippen LogP contribution in [0, 0.1) is 0 Å². The van der Waals surface area contributed by atoms with Gasteiger partial charge in [0.1, 0.15) is 16.5 Å². The molecule has 1 saturated heterocycles. The summed E-state index contributed by atoms with van der Waals surface area (Å²) in [5.74, 6) is 0.613. The molecule has 30 heavy (non-hydrogen) atoms.